The van der Waals surface area contributed by atoms with E-state index in [0.717, 1.165) is 19.0 Å². The fourth-order valence-electron chi connectivity index (χ4n) is 2.97. The van der Waals surface area contributed by atoms with Crippen molar-refractivity contribution in [2.75, 3.05) is 25.0 Å². The monoisotopic (exact) mass is 232 g/mol. The Morgan fingerprint density at radius 2 is 2.06 bits per heavy atom. The highest BCUT2D eigenvalue weighted by atomic mass is 15.2. The highest BCUT2D eigenvalue weighted by Gasteiger charge is 2.29. The third-order valence-corrected chi connectivity index (χ3v) is 4.06. The first-order valence-electron chi connectivity index (χ1n) is 6.64. The first-order valence-corrected chi connectivity index (χ1v) is 6.64. The maximum Gasteiger partial charge on any atom is 0.0451 e. The molecule has 17 heavy (non-hydrogen) atoms. The molecule has 2 rings (SSSR count). The summed E-state index contributed by atoms with van der Waals surface area (Å²) >= 11 is 0. The first kappa shape index (κ1) is 12.4. The van der Waals surface area contributed by atoms with E-state index in [0.29, 0.717) is 6.04 Å². The molecule has 1 N–H and O–H groups in total. The smallest absolute Gasteiger partial charge is 0.0451 e. The van der Waals surface area contributed by atoms with Gasteiger partial charge in [0.25, 0.3) is 0 Å². The van der Waals surface area contributed by atoms with E-state index in [-0.39, 0.29) is 0 Å². The minimum absolute atomic E-state index is 0.640. The van der Waals surface area contributed by atoms with Gasteiger partial charge in [-0.3, -0.25) is 0 Å². The zero-order valence-electron chi connectivity index (χ0n) is 11.5. The first-order chi connectivity index (χ1) is 8.13. The lowest BCUT2D eigenvalue weighted by Gasteiger charge is -2.31. The largest absolute Gasteiger partial charge is 0.370 e. The van der Waals surface area contributed by atoms with Crippen LogP contribution in [0.4, 0.5) is 5.69 Å². The van der Waals surface area contributed by atoms with Gasteiger partial charge in [-0.2, -0.15) is 0 Å². The molecule has 0 spiro atoms. The van der Waals surface area contributed by atoms with Crippen LogP contribution < -0.4 is 10.2 Å². The second kappa shape index (κ2) is 5.09. The van der Waals surface area contributed by atoms with Crippen molar-refractivity contribution in [2.45, 2.75) is 33.2 Å². The lowest BCUT2D eigenvalue weighted by atomic mass is 9.98. The molecule has 0 aliphatic carbocycles. The number of hydrogen-bond acceptors (Lipinski definition) is 2. The second-order valence-electron chi connectivity index (χ2n) is 5.29. The van der Waals surface area contributed by atoms with Crippen LogP contribution in [-0.4, -0.2) is 26.2 Å². The topological polar surface area (TPSA) is 15.3 Å². The number of anilines is 1. The van der Waals surface area contributed by atoms with Crippen LogP contribution >= 0.6 is 0 Å². The Kier molecular flexibility index (Phi) is 3.72. The Labute approximate surface area is 105 Å². The van der Waals surface area contributed by atoms with Gasteiger partial charge in [-0.1, -0.05) is 31.0 Å². The summed E-state index contributed by atoms with van der Waals surface area (Å²) in [6, 6.07) is 7.38. The Morgan fingerprint density at radius 3 is 2.71 bits per heavy atom. The average Bonchev–Trinajstić information content (AvgIpc) is 2.76. The lowest BCUT2D eigenvalue weighted by Crippen LogP contribution is -2.38. The number of benzene rings is 1. The molecule has 1 aromatic carbocycles. The number of rotatable bonds is 3. The predicted octanol–water partition coefficient (Wildman–Crippen LogP) is 2.74. The molecule has 1 fully saturated rings. The molecule has 1 aliphatic rings. The van der Waals surface area contributed by atoms with Gasteiger partial charge < -0.3 is 10.2 Å². The van der Waals surface area contributed by atoms with Crippen LogP contribution in [-0.2, 0) is 0 Å². The Hall–Kier alpha value is -1.02. The van der Waals surface area contributed by atoms with Crippen LogP contribution in [0.15, 0.2) is 18.2 Å². The normalized spacial score (nSPS) is 24.0. The summed E-state index contributed by atoms with van der Waals surface area (Å²) in [5, 5.41) is 3.51. The van der Waals surface area contributed by atoms with Crippen LogP contribution in [0.1, 0.15) is 24.5 Å². The summed E-state index contributed by atoms with van der Waals surface area (Å²) in [6.45, 7) is 8.93. The molecule has 2 nitrogen and oxygen atoms in total. The molecule has 1 aliphatic heterocycles. The third kappa shape index (κ3) is 2.47. The quantitative estimate of drug-likeness (QED) is 0.862. The Balaban J connectivity index is 2.21. The zero-order chi connectivity index (χ0) is 12.4. The van der Waals surface area contributed by atoms with Crippen LogP contribution in [0.25, 0.3) is 0 Å². The van der Waals surface area contributed by atoms with Crippen molar-refractivity contribution in [1.82, 2.24) is 5.32 Å². The van der Waals surface area contributed by atoms with Gasteiger partial charge in [0.2, 0.25) is 0 Å². The summed E-state index contributed by atoms with van der Waals surface area (Å²) in [4.78, 5) is 2.46. The molecule has 2 heteroatoms. The molecule has 2 unspecified atom stereocenters. The van der Waals surface area contributed by atoms with Crippen molar-refractivity contribution >= 4 is 5.69 Å². The SMILES string of the molecule is CCC1CNCC1N(C)c1ccc(C)cc1C. The van der Waals surface area contributed by atoms with E-state index in [9.17, 15) is 0 Å². The molecule has 0 radical (unpaired) electrons. The molecule has 1 aromatic rings. The van der Waals surface area contributed by atoms with E-state index in [1.165, 1.54) is 23.2 Å². The molecule has 0 amide bonds. The average molecular weight is 232 g/mol. The van der Waals surface area contributed by atoms with Gasteiger partial charge in [0.15, 0.2) is 0 Å². The van der Waals surface area contributed by atoms with Crippen molar-refractivity contribution in [3.05, 3.63) is 29.3 Å². The number of nitrogens with zero attached hydrogens (tertiary/aromatic N) is 1. The van der Waals surface area contributed by atoms with E-state index in [1.807, 2.05) is 0 Å². The summed E-state index contributed by atoms with van der Waals surface area (Å²) in [7, 11) is 2.23. The number of aryl methyl sites for hydroxylation is 2. The minimum atomic E-state index is 0.640. The molecule has 94 valence electrons. The predicted molar refractivity (Wildman–Crippen MR) is 74.8 cm³/mol. The highest BCUT2D eigenvalue weighted by Crippen LogP contribution is 2.26. The van der Waals surface area contributed by atoms with Crippen LogP contribution in [0, 0.1) is 19.8 Å². The van der Waals surface area contributed by atoms with Gasteiger partial charge in [0.05, 0.1) is 0 Å². The van der Waals surface area contributed by atoms with E-state index in [2.05, 4.69) is 56.2 Å². The molecular weight excluding hydrogens is 208 g/mol. The van der Waals surface area contributed by atoms with Crippen molar-refractivity contribution < 1.29 is 0 Å². The van der Waals surface area contributed by atoms with Gasteiger partial charge in [-0.05, 0) is 31.4 Å². The lowest BCUT2D eigenvalue weighted by molar-refractivity contribution is 0.481. The molecule has 1 saturated heterocycles. The number of hydrogen-bond donors (Lipinski definition) is 1. The fourth-order valence-corrected chi connectivity index (χ4v) is 2.97. The van der Waals surface area contributed by atoms with Crippen molar-refractivity contribution in [3.63, 3.8) is 0 Å². The van der Waals surface area contributed by atoms with Gasteiger partial charge in [0.1, 0.15) is 0 Å². The summed E-state index contributed by atoms with van der Waals surface area (Å²) in [5.74, 6) is 0.778. The van der Waals surface area contributed by atoms with Crippen molar-refractivity contribution in [2.24, 2.45) is 5.92 Å². The molecule has 1 heterocycles. The van der Waals surface area contributed by atoms with E-state index in [1.54, 1.807) is 0 Å². The fraction of sp³-hybridized carbons (Fsp3) is 0.600. The van der Waals surface area contributed by atoms with Crippen molar-refractivity contribution in [3.8, 4) is 0 Å². The number of nitrogens with one attached hydrogen (secondary N) is 1. The van der Waals surface area contributed by atoms with Crippen LogP contribution in [0.5, 0.6) is 0 Å². The standard InChI is InChI=1S/C15H24N2/c1-5-13-9-16-10-15(13)17(4)14-7-6-11(2)8-12(14)3/h6-8,13,15-16H,5,9-10H2,1-4H3. The van der Waals surface area contributed by atoms with Gasteiger partial charge in [-0.25, -0.2) is 0 Å². The Morgan fingerprint density at radius 1 is 1.29 bits per heavy atom. The third-order valence-electron chi connectivity index (χ3n) is 4.06. The van der Waals surface area contributed by atoms with Gasteiger partial charge >= 0.3 is 0 Å². The molecule has 0 bridgehead atoms. The molecular formula is C15H24N2. The summed E-state index contributed by atoms with van der Waals surface area (Å²) in [6.07, 6.45) is 1.26. The zero-order valence-corrected chi connectivity index (χ0v) is 11.5. The number of likely N-dealkylation sites (N-methyl/N-ethyl adjacent to an activating group) is 1. The van der Waals surface area contributed by atoms with E-state index >= 15 is 0 Å². The van der Waals surface area contributed by atoms with Gasteiger partial charge in [-0.15, -0.1) is 0 Å². The molecule has 0 saturated carbocycles. The van der Waals surface area contributed by atoms with Crippen LogP contribution in [0.2, 0.25) is 0 Å². The maximum atomic E-state index is 3.51. The van der Waals surface area contributed by atoms with Crippen molar-refractivity contribution in [1.29, 1.82) is 0 Å². The van der Waals surface area contributed by atoms with Crippen LogP contribution in [0.3, 0.4) is 0 Å². The van der Waals surface area contributed by atoms with E-state index in [4.69, 9.17) is 0 Å². The molecule has 2 atom stereocenters. The maximum absolute atomic E-state index is 3.51. The molecule has 0 aromatic heterocycles. The highest BCUT2D eigenvalue weighted by molar-refractivity contribution is 5.54. The summed E-state index contributed by atoms with van der Waals surface area (Å²) < 4.78 is 0. The van der Waals surface area contributed by atoms with E-state index < -0.39 is 0 Å². The summed E-state index contributed by atoms with van der Waals surface area (Å²) in [5.41, 5.74) is 4.10. The Bertz CT molecular complexity index is 387. The second-order valence-corrected chi connectivity index (χ2v) is 5.29. The van der Waals surface area contributed by atoms with Gasteiger partial charge in [0, 0.05) is 31.9 Å². The minimum Gasteiger partial charge on any atom is -0.370 e.